The quantitative estimate of drug-likeness (QED) is 0.860. The van der Waals surface area contributed by atoms with Crippen LogP contribution < -0.4 is 5.32 Å². The topological polar surface area (TPSA) is 67.2 Å². The summed E-state index contributed by atoms with van der Waals surface area (Å²) in [6.07, 6.45) is 3.26. The normalized spacial score (nSPS) is 11.5. The molecule has 0 atom stereocenters. The third-order valence-electron chi connectivity index (χ3n) is 4.02. The average Bonchev–Trinajstić information content (AvgIpc) is 2.82. The van der Waals surface area contributed by atoms with Gasteiger partial charge in [0.25, 0.3) is 5.91 Å². The summed E-state index contributed by atoms with van der Waals surface area (Å²) in [6.45, 7) is 6.05. The number of aryl methyl sites for hydroxylation is 2. The first-order chi connectivity index (χ1) is 10.8. The van der Waals surface area contributed by atoms with Gasteiger partial charge in [-0.3, -0.25) is 9.48 Å². The third-order valence-corrected chi connectivity index (χ3v) is 4.02. The number of aromatic nitrogens is 2. The number of rotatable bonds is 6. The van der Waals surface area contributed by atoms with Gasteiger partial charge in [0, 0.05) is 30.4 Å². The predicted octanol–water partition coefficient (Wildman–Crippen LogP) is 2.36. The largest absolute Gasteiger partial charge is 0.390 e. The summed E-state index contributed by atoms with van der Waals surface area (Å²) < 4.78 is 1.79. The fourth-order valence-corrected chi connectivity index (χ4v) is 2.27. The highest BCUT2D eigenvalue weighted by Crippen LogP contribution is 2.14. The molecule has 0 bridgehead atoms. The van der Waals surface area contributed by atoms with E-state index in [4.69, 9.17) is 0 Å². The molecule has 0 fully saturated rings. The number of carbonyl (C=O) groups excluding carboxylic acids is 1. The fraction of sp³-hybridized carbons (Fsp3) is 0.444. The maximum absolute atomic E-state index is 12.2. The van der Waals surface area contributed by atoms with Crippen molar-refractivity contribution in [1.82, 2.24) is 15.1 Å². The third kappa shape index (κ3) is 4.93. The van der Waals surface area contributed by atoms with Crippen LogP contribution in [0.1, 0.15) is 47.4 Å². The molecule has 0 saturated heterocycles. The van der Waals surface area contributed by atoms with Gasteiger partial charge in [-0.1, -0.05) is 12.1 Å². The van der Waals surface area contributed by atoms with Gasteiger partial charge >= 0.3 is 0 Å². The summed E-state index contributed by atoms with van der Waals surface area (Å²) >= 11 is 0. The van der Waals surface area contributed by atoms with Crippen molar-refractivity contribution in [2.45, 2.75) is 45.8 Å². The van der Waals surface area contributed by atoms with Crippen LogP contribution in [-0.4, -0.2) is 26.4 Å². The summed E-state index contributed by atoms with van der Waals surface area (Å²) in [5.74, 6) is -0.0951. The van der Waals surface area contributed by atoms with Crippen LogP contribution in [0.3, 0.4) is 0 Å². The van der Waals surface area contributed by atoms with Crippen molar-refractivity contribution in [1.29, 1.82) is 0 Å². The lowest BCUT2D eigenvalue weighted by Gasteiger charge is -2.16. The van der Waals surface area contributed by atoms with Crippen molar-refractivity contribution in [2.75, 3.05) is 0 Å². The number of nitrogens with one attached hydrogen (secondary N) is 1. The Hall–Kier alpha value is -2.14. The Morgan fingerprint density at radius 1 is 1.30 bits per heavy atom. The molecule has 1 amide bonds. The van der Waals surface area contributed by atoms with Gasteiger partial charge in [0.05, 0.1) is 11.8 Å². The van der Waals surface area contributed by atoms with Crippen molar-refractivity contribution in [3.05, 3.63) is 52.8 Å². The molecular formula is C18H25N3O2. The zero-order chi connectivity index (χ0) is 17.0. The maximum Gasteiger partial charge on any atom is 0.251 e. The van der Waals surface area contributed by atoms with Crippen molar-refractivity contribution >= 4 is 5.91 Å². The van der Waals surface area contributed by atoms with E-state index in [1.165, 1.54) is 0 Å². The molecule has 0 aliphatic rings. The SMILES string of the molecule is Cc1c(CNC(=O)c2ccc(CCC(C)(C)O)cc2)cnn1C. The molecule has 2 aromatic rings. The van der Waals surface area contributed by atoms with Gasteiger partial charge in [-0.15, -0.1) is 0 Å². The number of carbonyl (C=O) groups is 1. The molecule has 0 aliphatic carbocycles. The lowest BCUT2D eigenvalue weighted by molar-refractivity contribution is 0.0713. The molecule has 2 N–H and O–H groups in total. The average molecular weight is 315 g/mol. The van der Waals surface area contributed by atoms with Gasteiger partial charge in [0.1, 0.15) is 0 Å². The van der Waals surface area contributed by atoms with Gasteiger partial charge in [0.15, 0.2) is 0 Å². The number of hydrogen-bond acceptors (Lipinski definition) is 3. The molecule has 1 heterocycles. The molecule has 0 spiro atoms. The second-order valence-electron chi connectivity index (χ2n) is 6.57. The van der Waals surface area contributed by atoms with Gasteiger partial charge < -0.3 is 10.4 Å². The van der Waals surface area contributed by atoms with Crippen molar-refractivity contribution in [2.24, 2.45) is 7.05 Å². The first kappa shape index (κ1) is 17.2. The van der Waals surface area contributed by atoms with E-state index in [0.29, 0.717) is 18.5 Å². The van der Waals surface area contributed by atoms with E-state index in [0.717, 1.165) is 23.2 Å². The van der Waals surface area contributed by atoms with E-state index < -0.39 is 5.60 Å². The van der Waals surface area contributed by atoms with Gasteiger partial charge in [-0.25, -0.2) is 0 Å². The fourth-order valence-electron chi connectivity index (χ4n) is 2.27. The Morgan fingerprint density at radius 2 is 1.96 bits per heavy atom. The zero-order valence-electron chi connectivity index (χ0n) is 14.3. The smallest absolute Gasteiger partial charge is 0.251 e. The van der Waals surface area contributed by atoms with E-state index in [-0.39, 0.29) is 5.91 Å². The minimum absolute atomic E-state index is 0.0951. The van der Waals surface area contributed by atoms with E-state index in [9.17, 15) is 9.90 Å². The molecule has 0 saturated carbocycles. The second kappa shape index (κ2) is 6.96. The molecule has 0 unspecified atom stereocenters. The lowest BCUT2D eigenvalue weighted by Crippen LogP contribution is -2.23. The minimum Gasteiger partial charge on any atom is -0.390 e. The van der Waals surface area contributed by atoms with Crippen LogP contribution in [0.25, 0.3) is 0 Å². The summed E-state index contributed by atoms with van der Waals surface area (Å²) in [7, 11) is 1.88. The van der Waals surface area contributed by atoms with Crippen LogP contribution >= 0.6 is 0 Å². The molecule has 23 heavy (non-hydrogen) atoms. The van der Waals surface area contributed by atoms with E-state index in [1.807, 2.05) is 38.2 Å². The van der Waals surface area contributed by atoms with Crippen LogP contribution in [0.4, 0.5) is 0 Å². The van der Waals surface area contributed by atoms with Crippen LogP contribution in [0.2, 0.25) is 0 Å². The highest BCUT2D eigenvalue weighted by molar-refractivity contribution is 5.94. The second-order valence-corrected chi connectivity index (χ2v) is 6.57. The Bertz CT molecular complexity index is 667. The van der Waals surface area contributed by atoms with Gasteiger partial charge in [0.2, 0.25) is 0 Å². The van der Waals surface area contributed by atoms with E-state index >= 15 is 0 Å². The first-order valence-corrected chi connectivity index (χ1v) is 7.83. The first-order valence-electron chi connectivity index (χ1n) is 7.83. The number of nitrogens with zero attached hydrogens (tertiary/aromatic N) is 2. The number of benzene rings is 1. The van der Waals surface area contributed by atoms with E-state index in [1.54, 1.807) is 24.7 Å². The summed E-state index contributed by atoms with van der Waals surface area (Å²) in [4.78, 5) is 12.2. The predicted molar refractivity (Wildman–Crippen MR) is 90.2 cm³/mol. The maximum atomic E-state index is 12.2. The number of amides is 1. The zero-order valence-corrected chi connectivity index (χ0v) is 14.3. The number of hydrogen-bond donors (Lipinski definition) is 2. The molecule has 0 aliphatic heterocycles. The van der Waals surface area contributed by atoms with E-state index in [2.05, 4.69) is 10.4 Å². The molecular weight excluding hydrogens is 290 g/mol. The van der Waals surface area contributed by atoms with Crippen molar-refractivity contribution < 1.29 is 9.90 Å². The van der Waals surface area contributed by atoms with Gasteiger partial charge in [-0.05, 0) is 51.3 Å². The lowest BCUT2D eigenvalue weighted by atomic mass is 9.98. The molecule has 124 valence electrons. The molecule has 5 heteroatoms. The highest BCUT2D eigenvalue weighted by atomic mass is 16.3. The van der Waals surface area contributed by atoms with Crippen LogP contribution in [0.5, 0.6) is 0 Å². The van der Waals surface area contributed by atoms with Crippen molar-refractivity contribution in [3.8, 4) is 0 Å². The Balaban J connectivity index is 1.91. The van der Waals surface area contributed by atoms with Crippen LogP contribution in [-0.2, 0) is 20.0 Å². The number of aliphatic hydroxyl groups is 1. The molecule has 1 aromatic heterocycles. The van der Waals surface area contributed by atoms with Crippen LogP contribution in [0.15, 0.2) is 30.5 Å². The minimum atomic E-state index is -0.669. The molecule has 0 radical (unpaired) electrons. The monoisotopic (exact) mass is 315 g/mol. The summed E-state index contributed by atoms with van der Waals surface area (Å²) in [5, 5.41) is 16.8. The Kier molecular flexibility index (Phi) is 5.21. The van der Waals surface area contributed by atoms with Crippen molar-refractivity contribution in [3.63, 3.8) is 0 Å². The molecule has 5 nitrogen and oxygen atoms in total. The summed E-state index contributed by atoms with van der Waals surface area (Å²) in [5.41, 5.74) is 3.15. The molecule has 1 aromatic carbocycles. The highest BCUT2D eigenvalue weighted by Gasteiger charge is 2.12. The Morgan fingerprint density at radius 3 is 2.48 bits per heavy atom. The van der Waals surface area contributed by atoms with Gasteiger partial charge in [-0.2, -0.15) is 5.10 Å². The standard InChI is InChI=1S/C18H25N3O2/c1-13-16(12-20-21(13)4)11-19-17(22)15-7-5-14(6-8-15)9-10-18(2,3)23/h5-8,12,23H,9-11H2,1-4H3,(H,19,22). The summed E-state index contributed by atoms with van der Waals surface area (Å²) in [6, 6.07) is 7.53. The molecule has 2 rings (SSSR count). The van der Waals surface area contributed by atoms with Crippen LogP contribution in [0, 0.1) is 6.92 Å². The Labute approximate surface area is 137 Å².